The Bertz CT molecular complexity index is 1010. The zero-order valence-electron chi connectivity index (χ0n) is 16.5. The summed E-state index contributed by atoms with van der Waals surface area (Å²) in [4.78, 5) is 23.3. The molecule has 1 atom stereocenters. The normalized spacial score (nSPS) is 17.8. The fourth-order valence-electron chi connectivity index (χ4n) is 3.53. The van der Waals surface area contributed by atoms with Crippen LogP contribution in [-0.4, -0.2) is 58.2 Å². The van der Waals surface area contributed by atoms with Gasteiger partial charge in [0.05, 0.1) is 31.0 Å². The van der Waals surface area contributed by atoms with E-state index >= 15 is 0 Å². The van der Waals surface area contributed by atoms with Gasteiger partial charge in [0, 0.05) is 37.3 Å². The summed E-state index contributed by atoms with van der Waals surface area (Å²) in [6.45, 7) is 4.32. The maximum absolute atomic E-state index is 12.4. The van der Waals surface area contributed by atoms with E-state index in [0.29, 0.717) is 18.8 Å². The first-order chi connectivity index (χ1) is 13.5. The molecule has 1 aromatic carbocycles. The Morgan fingerprint density at radius 3 is 2.82 bits per heavy atom. The summed E-state index contributed by atoms with van der Waals surface area (Å²) in [7, 11) is 4.05. The van der Waals surface area contributed by atoms with E-state index in [1.165, 1.54) is 0 Å². The van der Waals surface area contributed by atoms with Gasteiger partial charge in [0.15, 0.2) is 0 Å². The van der Waals surface area contributed by atoms with E-state index in [2.05, 4.69) is 36.9 Å². The minimum Gasteiger partial charge on any atom is -0.375 e. The SMILES string of the molecule is Cc1ncc(-c2ccc3cnc(NC(=O)CC4CN(C)CCO4)cc3c2)n1C. The molecule has 1 amide bonds. The molecule has 7 nitrogen and oxygen atoms in total. The maximum Gasteiger partial charge on any atom is 0.228 e. The molecule has 146 valence electrons. The van der Waals surface area contributed by atoms with Gasteiger partial charge in [-0.15, -0.1) is 0 Å². The molecule has 4 rings (SSSR count). The van der Waals surface area contributed by atoms with Crippen molar-refractivity contribution in [2.75, 3.05) is 32.1 Å². The van der Waals surface area contributed by atoms with Crippen molar-refractivity contribution in [1.82, 2.24) is 19.4 Å². The van der Waals surface area contributed by atoms with Crippen molar-refractivity contribution < 1.29 is 9.53 Å². The minimum absolute atomic E-state index is 0.0705. The van der Waals surface area contributed by atoms with Gasteiger partial charge in [-0.1, -0.05) is 12.1 Å². The fourth-order valence-corrected chi connectivity index (χ4v) is 3.53. The van der Waals surface area contributed by atoms with E-state index in [1.54, 1.807) is 6.20 Å². The van der Waals surface area contributed by atoms with Crippen molar-refractivity contribution in [3.63, 3.8) is 0 Å². The number of carbonyl (C=O) groups is 1. The number of benzene rings is 1. The van der Waals surface area contributed by atoms with E-state index in [0.717, 1.165) is 40.9 Å². The van der Waals surface area contributed by atoms with Gasteiger partial charge in [-0.05, 0) is 31.5 Å². The largest absolute Gasteiger partial charge is 0.375 e. The molecule has 1 saturated heterocycles. The molecule has 3 heterocycles. The molecule has 7 heteroatoms. The third-order valence-corrected chi connectivity index (χ3v) is 5.26. The van der Waals surface area contributed by atoms with Crippen molar-refractivity contribution in [3.05, 3.63) is 42.5 Å². The third-order valence-electron chi connectivity index (χ3n) is 5.26. The summed E-state index contributed by atoms with van der Waals surface area (Å²) in [5, 5.41) is 4.95. The van der Waals surface area contributed by atoms with Gasteiger partial charge in [-0.25, -0.2) is 9.97 Å². The Balaban J connectivity index is 1.51. The van der Waals surface area contributed by atoms with Gasteiger partial charge >= 0.3 is 0 Å². The number of hydrogen-bond donors (Lipinski definition) is 1. The van der Waals surface area contributed by atoms with Crippen molar-refractivity contribution in [1.29, 1.82) is 0 Å². The van der Waals surface area contributed by atoms with Crippen LogP contribution in [0.5, 0.6) is 0 Å². The summed E-state index contributed by atoms with van der Waals surface area (Å²) in [5.74, 6) is 1.44. The molecule has 2 aromatic heterocycles. The number of aryl methyl sites for hydroxylation is 1. The maximum atomic E-state index is 12.4. The number of pyridine rings is 1. The number of imidazole rings is 1. The number of nitrogens with zero attached hydrogens (tertiary/aromatic N) is 4. The number of fused-ring (bicyclic) bond motifs is 1. The summed E-state index contributed by atoms with van der Waals surface area (Å²) in [6.07, 6.45) is 3.92. The zero-order valence-corrected chi connectivity index (χ0v) is 16.5. The first-order valence-corrected chi connectivity index (χ1v) is 9.48. The highest BCUT2D eigenvalue weighted by Crippen LogP contribution is 2.26. The first kappa shape index (κ1) is 18.6. The molecule has 1 aliphatic heterocycles. The second-order valence-corrected chi connectivity index (χ2v) is 7.39. The van der Waals surface area contributed by atoms with Crippen LogP contribution in [0.1, 0.15) is 12.2 Å². The Kier molecular flexibility index (Phi) is 5.11. The number of rotatable bonds is 4. The summed E-state index contributed by atoms with van der Waals surface area (Å²) >= 11 is 0. The van der Waals surface area contributed by atoms with E-state index in [4.69, 9.17) is 4.74 Å². The lowest BCUT2D eigenvalue weighted by Crippen LogP contribution is -2.41. The predicted octanol–water partition coefficient (Wildman–Crippen LogP) is 2.60. The molecular formula is C21H25N5O2. The molecule has 0 radical (unpaired) electrons. The molecule has 28 heavy (non-hydrogen) atoms. The Morgan fingerprint density at radius 2 is 2.07 bits per heavy atom. The van der Waals surface area contributed by atoms with E-state index < -0.39 is 0 Å². The predicted molar refractivity (Wildman–Crippen MR) is 109 cm³/mol. The lowest BCUT2D eigenvalue weighted by molar-refractivity contribution is -0.120. The van der Waals surface area contributed by atoms with Crippen LogP contribution < -0.4 is 5.32 Å². The molecule has 1 unspecified atom stereocenters. The number of ether oxygens (including phenoxy) is 1. The number of likely N-dealkylation sites (N-methyl/N-ethyl adjacent to an activating group) is 1. The third kappa shape index (κ3) is 3.90. The number of hydrogen-bond acceptors (Lipinski definition) is 5. The molecule has 3 aromatic rings. The summed E-state index contributed by atoms with van der Waals surface area (Å²) < 4.78 is 7.74. The quantitative estimate of drug-likeness (QED) is 0.754. The standard InChI is InChI=1S/C21H25N5O2/c1-14-22-12-19(26(14)3)15-4-5-16-11-23-20(9-17(16)8-15)24-21(27)10-18-13-25(2)6-7-28-18/h4-5,8-9,11-12,18H,6-7,10,13H2,1-3H3,(H,23,24,27). The van der Waals surface area contributed by atoms with E-state index in [1.807, 2.05) is 39.3 Å². The highest BCUT2D eigenvalue weighted by atomic mass is 16.5. The van der Waals surface area contributed by atoms with Gasteiger partial charge in [-0.3, -0.25) is 4.79 Å². The minimum atomic E-state index is -0.0782. The van der Waals surface area contributed by atoms with Crippen LogP contribution in [0.2, 0.25) is 0 Å². The number of nitrogens with one attached hydrogen (secondary N) is 1. The van der Waals surface area contributed by atoms with Gasteiger partial charge in [-0.2, -0.15) is 0 Å². The van der Waals surface area contributed by atoms with Gasteiger partial charge in [0.2, 0.25) is 5.91 Å². The number of morpholine rings is 1. The zero-order chi connectivity index (χ0) is 19.7. The van der Waals surface area contributed by atoms with Crippen molar-refractivity contribution in [2.24, 2.45) is 7.05 Å². The van der Waals surface area contributed by atoms with E-state index in [9.17, 15) is 4.79 Å². The van der Waals surface area contributed by atoms with Crippen molar-refractivity contribution in [3.8, 4) is 11.3 Å². The second kappa shape index (κ2) is 7.69. The lowest BCUT2D eigenvalue weighted by atomic mass is 10.1. The number of carbonyl (C=O) groups excluding carboxylic acids is 1. The Labute approximate surface area is 164 Å². The summed E-state index contributed by atoms with van der Waals surface area (Å²) in [6, 6.07) is 8.11. The monoisotopic (exact) mass is 379 g/mol. The lowest BCUT2D eigenvalue weighted by Gasteiger charge is -2.29. The topological polar surface area (TPSA) is 72.3 Å². The molecule has 1 fully saturated rings. The first-order valence-electron chi connectivity index (χ1n) is 9.48. The number of anilines is 1. The Morgan fingerprint density at radius 1 is 1.21 bits per heavy atom. The van der Waals surface area contributed by atoms with Crippen LogP contribution in [-0.2, 0) is 16.6 Å². The highest BCUT2D eigenvalue weighted by Gasteiger charge is 2.21. The van der Waals surface area contributed by atoms with Gasteiger partial charge < -0.3 is 19.5 Å². The molecule has 1 aliphatic rings. The van der Waals surface area contributed by atoms with Crippen LogP contribution in [0.15, 0.2) is 36.7 Å². The van der Waals surface area contributed by atoms with Crippen LogP contribution in [0.3, 0.4) is 0 Å². The highest BCUT2D eigenvalue weighted by molar-refractivity contribution is 5.94. The average molecular weight is 379 g/mol. The average Bonchev–Trinajstić information content (AvgIpc) is 3.00. The smallest absolute Gasteiger partial charge is 0.228 e. The molecule has 0 spiro atoms. The Hall–Kier alpha value is -2.77. The van der Waals surface area contributed by atoms with Crippen LogP contribution in [0.4, 0.5) is 5.82 Å². The molecule has 0 saturated carbocycles. The number of amides is 1. The van der Waals surface area contributed by atoms with Crippen LogP contribution in [0, 0.1) is 6.92 Å². The summed E-state index contributed by atoms with van der Waals surface area (Å²) in [5.41, 5.74) is 2.14. The second-order valence-electron chi connectivity index (χ2n) is 7.39. The molecule has 1 N–H and O–H groups in total. The van der Waals surface area contributed by atoms with Crippen LogP contribution in [0.25, 0.3) is 22.0 Å². The van der Waals surface area contributed by atoms with Crippen LogP contribution >= 0.6 is 0 Å². The van der Waals surface area contributed by atoms with Crippen molar-refractivity contribution in [2.45, 2.75) is 19.4 Å². The number of aromatic nitrogens is 3. The van der Waals surface area contributed by atoms with Crippen molar-refractivity contribution >= 4 is 22.5 Å². The molecular weight excluding hydrogens is 354 g/mol. The van der Waals surface area contributed by atoms with Gasteiger partial charge in [0.1, 0.15) is 11.6 Å². The molecule has 0 bridgehead atoms. The fraction of sp³-hybridized carbons (Fsp3) is 0.381. The van der Waals surface area contributed by atoms with Gasteiger partial charge in [0.25, 0.3) is 0 Å². The van der Waals surface area contributed by atoms with E-state index in [-0.39, 0.29) is 12.0 Å². The molecule has 0 aliphatic carbocycles.